The molecule has 0 bridgehead atoms. The van der Waals surface area contributed by atoms with Crippen LogP contribution in [0.5, 0.6) is 0 Å². The van der Waals surface area contributed by atoms with Crippen molar-refractivity contribution in [2.24, 2.45) is 0 Å². The van der Waals surface area contributed by atoms with Gasteiger partial charge in [-0.1, -0.05) is 13.0 Å². The molecule has 3 heteroatoms. The van der Waals surface area contributed by atoms with Gasteiger partial charge in [-0.05, 0) is 73.7 Å². The minimum atomic E-state index is -0.0827. The highest BCUT2D eigenvalue weighted by Gasteiger charge is 2.12. The van der Waals surface area contributed by atoms with Gasteiger partial charge >= 0.3 is 0 Å². The highest BCUT2D eigenvalue weighted by molar-refractivity contribution is 6.05. The number of rotatable bonds is 3. The van der Waals surface area contributed by atoms with Crippen molar-refractivity contribution < 1.29 is 4.79 Å². The fourth-order valence-electron chi connectivity index (χ4n) is 2.42. The average molecular weight is 282 g/mol. The number of amides is 1. The number of aryl methyl sites for hydroxylation is 4. The number of anilines is 2. The number of benzene rings is 2. The summed E-state index contributed by atoms with van der Waals surface area (Å²) >= 11 is 0. The molecule has 0 aliphatic heterocycles. The van der Waals surface area contributed by atoms with Gasteiger partial charge in [-0.25, -0.2) is 0 Å². The summed E-state index contributed by atoms with van der Waals surface area (Å²) < 4.78 is 0. The second-order valence-electron chi connectivity index (χ2n) is 5.48. The Balaban J connectivity index is 2.33. The largest absolute Gasteiger partial charge is 0.399 e. The van der Waals surface area contributed by atoms with Gasteiger partial charge in [-0.3, -0.25) is 4.79 Å². The van der Waals surface area contributed by atoms with E-state index in [1.54, 1.807) is 0 Å². The zero-order chi connectivity index (χ0) is 15.6. The first-order valence-electron chi connectivity index (χ1n) is 7.20. The van der Waals surface area contributed by atoms with Gasteiger partial charge in [0.25, 0.3) is 5.91 Å². The van der Waals surface area contributed by atoms with E-state index in [-0.39, 0.29) is 5.91 Å². The molecule has 2 rings (SSSR count). The standard InChI is InChI=1S/C18H22N2O/c1-5-14-10-16(19)9-13(4)17(14)20-18(21)15-7-6-11(2)12(3)8-15/h6-10H,5,19H2,1-4H3,(H,20,21). The van der Waals surface area contributed by atoms with Crippen LogP contribution in [0.15, 0.2) is 30.3 Å². The summed E-state index contributed by atoms with van der Waals surface area (Å²) in [6, 6.07) is 9.55. The van der Waals surface area contributed by atoms with Crippen LogP contribution >= 0.6 is 0 Å². The molecule has 0 radical (unpaired) electrons. The third-order valence-corrected chi connectivity index (χ3v) is 3.83. The minimum Gasteiger partial charge on any atom is -0.399 e. The third kappa shape index (κ3) is 3.24. The Bertz CT molecular complexity index is 690. The molecule has 1 amide bonds. The van der Waals surface area contributed by atoms with E-state index >= 15 is 0 Å². The van der Waals surface area contributed by atoms with Crippen molar-refractivity contribution in [3.8, 4) is 0 Å². The van der Waals surface area contributed by atoms with Gasteiger partial charge < -0.3 is 11.1 Å². The minimum absolute atomic E-state index is 0.0827. The van der Waals surface area contributed by atoms with Gasteiger partial charge in [0.05, 0.1) is 0 Å². The van der Waals surface area contributed by atoms with Crippen LogP contribution in [-0.2, 0) is 6.42 Å². The van der Waals surface area contributed by atoms with Crippen LogP contribution in [0.2, 0.25) is 0 Å². The van der Waals surface area contributed by atoms with Gasteiger partial charge in [0.1, 0.15) is 0 Å². The monoisotopic (exact) mass is 282 g/mol. The third-order valence-electron chi connectivity index (χ3n) is 3.83. The summed E-state index contributed by atoms with van der Waals surface area (Å²) in [6.07, 6.45) is 0.828. The van der Waals surface area contributed by atoms with Crippen LogP contribution in [0.3, 0.4) is 0 Å². The Morgan fingerprint density at radius 1 is 1.05 bits per heavy atom. The van der Waals surface area contributed by atoms with E-state index in [2.05, 4.69) is 12.2 Å². The van der Waals surface area contributed by atoms with Crippen LogP contribution in [0.4, 0.5) is 11.4 Å². The van der Waals surface area contributed by atoms with Crippen LogP contribution in [0.1, 0.15) is 39.5 Å². The average Bonchev–Trinajstić information content (AvgIpc) is 2.44. The summed E-state index contributed by atoms with van der Waals surface area (Å²) in [5.74, 6) is -0.0827. The number of carbonyl (C=O) groups excluding carboxylic acids is 1. The number of hydrogen-bond donors (Lipinski definition) is 2. The van der Waals surface area contributed by atoms with Gasteiger partial charge in [0, 0.05) is 16.9 Å². The van der Waals surface area contributed by atoms with Gasteiger partial charge in [0.2, 0.25) is 0 Å². The fourth-order valence-corrected chi connectivity index (χ4v) is 2.42. The first-order valence-corrected chi connectivity index (χ1v) is 7.20. The molecule has 0 atom stereocenters. The Labute approximate surface area is 126 Å². The first kappa shape index (κ1) is 15.1. The lowest BCUT2D eigenvalue weighted by Crippen LogP contribution is -2.15. The molecule has 0 aromatic heterocycles. The molecule has 0 spiro atoms. The number of nitrogens with one attached hydrogen (secondary N) is 1. The summed E-state index contributed by atoms with van der Waals surface area (Å²) in [7, 11) is 0. The second-order valence-corrected chi connectivity index (χ2v) is 5.48. The smallest absolute Gasteiger partial charge is 0.255 e. The van der Waals surface area contributed by atoms with Crippen molar-refractivity contribution in [2.45, 2.75) is 34.1 Å². The summed E-state index contributed by atoms with van der Waals surface area (Å²) in [4.78, 5) is 12.4. The van der Waals surface area contributed by atoms with E-state index in [1.165, 1.54) is 5.56 Å². The Kier molecular flexibility index (Phi) is 4.32. The predicted molar refractivity (Wildman–Crippen MR) is 88.8 cm³/mol. The van der Waals surface area contributed by atoms with Crippen LogP contribution in [-0.4, -0.2) is 5.91 Å². The van der Waals surface area contributed by atoms with Crippen LogP contribution in [0.25, 0.3) is 0 Å². The van der Waals surface area contributed by atoms with Crippen LogP contribution < -0.4 is 11.1 Å². The zero-order valence-corrected chi connectivity index (χ0v) is 13.1. The maximum atomic E-state index is 12.4. The number of hydrogen-bond acceptors (Lipinski definition) is 2. The number of nitrogen functional groups attached to an aromatic ring is 1. The molecule has 2 aromatic rings. The van der Waals surface area contributed by atoms with E-state index in [1.807, 2.05) is 51.1 Å². The van der Waals surface area contributed by atoms with Crippen molar-refractivity contribution >= 4 is 17.3 Å². The van der Waals surface area contributed by atoms with E-state index in [9.17, 15) is 4.79 Å². The van der Waals surface area contributed by atoms with Gasteiger partial charge in [-0.15, -0.1) is 0 Å². The van der Waals surface area contributed by atoms with Crippen molar-refractivity contribution in [1.82, 2.24) is 0 Å². The maximum absolute atomic E-state index is 12.4. The Hall–Kier alpha value is -2.29. The molecule has 0 unspecified atom stereocenters. The zero-order valence-electron chi connectivity index (χ0n) is 13.1. The molecule has 21 heavy (non-hydrogen) atoms. The maximum Gasteiger partial charge on any atom is 0.255 e. The molecule has 3 nitrogen and oxygen atoms in total. The Morgan fingerprint density at radius 3 is 2.38 bits per heavy atom. The van der Waals surface area contributed by atoms with Crippen molar-refractivity contribution in [1.29, 1.82) is 0 Å². The molecule has 0 saturated carbocycles. The first-order chi connectivity index (χ1) is 9.92. The lowest BCUT2D eigenvalue weighted by atomic mass is 10.0. The number of carbonyl (C=O) groups is 1. The highest BCUT2D eigenvalue weighted by atomic mass is 16.1. The molecule has 0 saturated heterocycles. The van der Waals surface area contributed by atoms with Crippen LogP contribution in [0, 0.1) is 20.8 Å². The molecule has 0 heterocycles. The normalized spacial score (nSPS) is 10.5. The van der Waals surface area contributed by atoms with Crippen molar-refractivity contribution in [2.75, 3.05) is 11.1 Å². The molecule has 3 N–H and O–H groups in total. The topological polar surface area (TPSA) is 55.1 Å². The van der Waals surface area contributed by atoms with Gasteiger partial charge in [-0.2, -0.15) is 0 Å². The van der Waals surface area contributed by atoms with Crippen molar-refractivity contribution in [3.05, 3.63) is 58.1 Å². The van der Waals surface area contributed by atoms with E-state index in [4.69, 9.17) is 5.73 Å². The predicted octanol–water partition coefficient (Wildman–Crippen LogP) is 4.01. The lowest BCUT2D eigenvalue weighted by Gasteiger charge is -2.14. The molecule has 0 aliphatic rings. The van der Waals surface area contributed by atoms with E-state index < -0.39 is 0 Å². The molecule has 110 valence electrons. The summed E-state index contributed by atoms with van der Waals surface area (Å²) in [6.45, 7) is 8.07. The molecular weight excluding hydrogens is 260 g/mol. The van der Waals surface area contributed by atoms with Gasteiger partial charge in [0.15, 0.2) is 0 Å². The van der Waals surface area contributed by atoms with Crippen molar-refractivity contribution in [3.63, 3.8) is 0 Å². The lowest BCUT2D eigenvalue weighted by molar-refractivity contribution is 0.102. The summed E-state index contributed by atoms with van der Waals surface area (Å²) in [5, 5.41) is 3.03. The van der Waals surface area contributed by atoms with E-state index in [0.29, 0.717) is 5.56 Å². The Morgan fingerprint density at radius 2 is 1.76 bits per heavy atom. The second kappa shape index (κ2) is 6.00. The number of nitrogens with two attached hydrogens (primary N) is 1. The quantitative estimate of drug-likeness (QED) is 0.836. The molecule has 0 aliphatic carbocycles. The fraction of sp³-hybridized carbons (Fsp3) is 0.278. The molecular formula is C18H22N2O. The highest BCUT2D eigenvalue weighted by Crippen LogP contribution is 2.25. The van der Waals surface area contributed by atoms with E-state index in [0.717, 1.165) is 34.5 Å². The summed E-state index contributed by atoms with van der Waals surface area (Å²) in [5.41, 5.74) is 12.5. The molecule has 0 fully saturated rings. The molecule has 2 aromatic carbocycles. The SMILES string of the molecule is CCc1cc(N)cc(C)c1NC(=O)c1ccc(C)c(C)c1.